The first-order valence-corrected chi connectivity index (χ1v) is 30.8. The van der Waals surface area contributed by atoms with Gasteiger partial charge in [0.15, 0.2) is 23.0 Å². The largest absolute Gasteiger partial charge is 0.493 e. The van der Waals surface area contributed by atoms with Crippen molar-refractivity contribution in [2.75, 3.05) is 93.2 Å². The number of carbonyl (C=O) groups is 6. The minimum absolute atomic E-state index is 0.00916. The van der Waals surface area contributed by atoms with E-state index in [1.807, 2.05) is 71.8 Å². The zero-order chi connectivity index (χ0) is 59.6. The van der Waals surface area contributed by atoms with E-state index in [0.29, 0.717) is 125 Å². The first kappa shape index (κ1) is 60.5. The summed E-state index contributed by atoms with van der Waals surface area (Å²) < 4.78 is 41.4. The molecule has 5 amide bonds. The molecule has 1 unspecified atom stereocenters. The van der Waals surface area contributed by atoms with Gasteiger partial charge in [-0.1, -0.05) is 58.0 Å². The summed E-state index contributed by atoms with van der Waals surface area (Å²) in [6.07, 6.45) is 4.42. The Balaban J connectivity index is 0.895. The van der Waals surface area contributed by atoms with E-state index < -0.39 is 17.8 Å². The molecule has 2 atom stereocenters. The van der Waals surface area contributed by atoms with Gasteiger partial charge in [0.25, 0.3) is 23.6 Å². The molecule has 1 N–H and O–H groups in total. The second kappa shape index (κ2) is 27.6. The zero-order valence-corrected chi connectivity index (χ0v) is 50.0. The number of benzene rings is 5. The Labute approximate surface area is 502 Å². The molecule has 0 radical (unpaired) electrons. The maximum atomic E-state index is 14.8. The molecule has 0 aliphatic carbocycles. The molecule has 22 heteroatoms. The summed E-state index contributed by atoms with van der Waals surface area (Å²) in [6.45, 7) is 6.59. The highest BCUT2D eigenvalue weighted by Gasteiger charge is 2.39. The van der Waals surface area contributed by atoms with E-state index >= 15 is 0 Å². The Morgan fingerprint density at radius 1 is 0.706 bits per heavy atom. The Morgan fingerprint density at radius 2 is 1.33 bits per heavy atom. The monoisotopic (exact) mass is 1200 g/mol. The van der Waals surface area contributed by atoms with Crippen LogP contribution in [-0.4, -0.2) is 137 Å². The number of fused-ring (bicyclic) bond motifs is 8. The van der Waals surface area contributed by atoms with Crippen molar-refractivity contribution in [3.8, 4) is 23.0 Å². The Bertz CT molecular complexity index is 3340. The van der Waals surface area contributed by atoms with E-state index in [4.69, 9.17) is 43.0 Å². The molecule has 5 aromatic rings. The third-order valence-corrected chi connectivity index (χ3v) is 18.7. The molecule has 0 saturated carbocycles. The van der Waals surface area contributed by atoms with Crippen molar-refractivity contribution in [3.63, 3.8) is 0 Å². The van der Waals surface area contributed by atoms with Crippen LogP contribution in [0.3, 0.4) is 0 Å². The molecule has 1 fully saturated rings. The summed E-state index contributed by atoms with van der Waals surface area (Å²) in [4.78, 5) is 94.8. The minimum Gasteiger partial charge on any atom is -0.493 e. The van der Waals surface area contributed by atoms with Crippen molar-refractivity contribution in [1.29, 1.82) is 0 Å². The maximum Gasteiger partial charge on any atom is 0.333 e. The van der Waals surface area contributed by atoms with Crippen LogP contribution in [0.5, 0.6) is 23.0 Å². The van der Waals surface area contributed by atoms with Gasteiger partial charge in [-0.15, -0.1) is 5.06 Å². The number of hydrogen-bond acceptors (Lipinski definition) is 18. The van der Waals surface area contributed by atoms with Gasteiger partial charge in [0.2, 0.25) is 5.91 Å². The van der Waals surface area contributed by atoms with Crippen molar-refractivity contribution in [2.45, 2.75) is 95.3 Å². The standard InChI is InChI=1S/C63H70N6O14S2/c1-63(2,85-84-26-10-15-60(73)83-69-58(71)16-17-59(69)72)19-18-57(70)66(20-21-79-24-25-80-23-22-76-3)44-28-40(38-81-55-34-49-47(32-53(55)77-4)61(74)67-45(36-64-49)30-42-11-6-8-13-51(42)67)27-41(29-44)39-82-56-35-50-48(33-54(56)78-5)62(75)68-46(37-65-50)31-43-12-7-9-14-52(43)68/h6-9,11-14,27-29,32-36,45-46,65H,10,15-26,30-31,37-39H2,1-5H3/t45-,46?/m0/s1. The fourth-order valence-corrected chi connectivity index (χ4v) is 13.5. The smallest absolute Gasteiger partial charge is 0.333 e. The molecule has 1 saturated heterocycles. The third kappa shape index (κ3) is 14.2. The molecule has 0 bridgehead atoms. The molecule has 0 aromatic heterocycles. The number of anilines is 4. The van der Waals surface area contributed by atoms with E-state index in [2.05, 4.69) is 25.2 Å². The lowest BCUT2D eigenvalue weighted by Crippen LogP contribution is -2.39. The Hall–Kier alpha value is -7.63. The van der Waals surface area contributed by atoms with Crippen LogP contribution >= 0.6 is 21.6 Å². The number of hydroxylamine groups is 2. The van der Waals surface area contributed by atoms with Crippen molar-refractivity contribution >= 4 is 91.7 Å². The van der Waals surface area contributed by atoms with Crippen LogP contribution < -0.4 is 39.0 Å². The quantitative estimate of drug-likeness (QED) is 0.0280. The molecule has 5 heterocycles. The number of carbonyl (C=O) groups excluding carboxylic acids is 6. The molecule has 20 nitrogen and oxygen atoms in total. The van der Waals surface area contributed by atoms with Crippen molar-refractivity contribution in [3.05, 3.63) is 124 Å². The van der Waals surface area contributed by atoms with Crippen LogP contribution in [-0.2, 0) is 64.3 Å². The maximum absolute atomic E-state index is 14.8. The number of methoxy groups -OCH3 is 3. The van der Waals surface area contributed by atoms with Gasteiger partial charge in [0.05, 0.1) is 81.8 Å². The second-order valence-electron chi connectivity index (χ2n) is 21.6. The van der Waals surface area contributed by atoms with Gasteiger partial charge >= 0.3 is 5.97 Å². The molecule has 5 aliphatic heterocycles. The van der Waals surface area contributed by atoms with E-state index in [1.54, 1.807) is 62.8 Å². The Morgan fingerprint density at radius 3 is 2.02 bits per heavy atom. The van der Waals surface area contributed by atoms with Gasteiger partial charge in [-0.25, -0.2) is 4.79 Å². The summed E-state index contributed by atoms with van der Waals surface area (Å²) in [7, 11) is 7.84. The highest BCUT2D eigenvalue weighted by atomic mass is 33.1. The number of aliphatic imine (C=N–C) groups is 1. The normalized spacial score (nSPS) is 16.6. The van der Waals surface area contributed by atoms with Crippen LogP contribution in [0.4, 0.5) is 28.4 Å². The summed E-state index contributed by atoms with van der Waals surface area (Å²) in [5.41, 5.74) is 7.82. The number of imide groups is 1. The SMILES string of the molecule is COCCOCCOCCN(C(=O)CCC(C)(C)SSCCCC(=O)ON1C(=O)CCC1=O)c1cc(COc2cc3c(cc2OC)C(=O)N2c4ccccc4C[C@H]2C=N3)cc(COc2cc3c(cc2OC)C(=O)N2c4ccccc4CC2CN3)c1. The fraction of sp³-hybridized carbons (Fsp3) is 0.413. The van der Waals surface area contributed by atoms with E-state index in [0.717, 1.165) is 28.9 Å². The minimum atomic E-state index is -0.642. The van der Waals surface area contributed by atoms with E-state index in [9.17, 15) is 28.8 Å². The van der Waals surface area contributed by atoms with Crippen LogP contribution in [0, 0.1) is 0 Å². The average molecular weight is 1200 g/mol. The molecule has 10 rings (SSSR count). The molecular formula is C63H70N6O14S2. The van der Waals surface area contributed by atoms with Gasteiger partial charge in [-0.2, -0.15) is 0 Å². The van der Waals surface area contributed by atoms with Crippen LogP contribution in [0.25, 0.3) is 0 Å². The van der Waals surface area contributed by atoms with E-state index in [-0.39, 0.29) is 86.6 Å². The first-order valence-electron chi connectivity index (χ1n) is 28.5. The van der Waals surface area contributed by atoms with E-state index in [1.165, 1.54) is 14.2 Å². The lowest BCUT2D eigenvalue weighted by atomic mass is 10.1. The number of para-hydroxylation sites is 2. The molecule has 85 heavy (non-hydrogen) atoms. The number of nitrogens with zero attached hydrogens (tertiary/aromatic N) is 5. The topological polar surface area (TPSA) is 214 Å². The summed E-state index contributed by atoms with van der Waals surface area (Å²) in [5, 5.41) is 4.07. The summed E-state index contributed by atoms with van der Waals surface area (Å²) >= 11 is 0. The molecule has 5 aliphatic rings. The summed E-state index contributed by atoms with van der Waals surface area (Å²) in [6, 6.07) is 28.2. The van der Waals surface area contributed by atoms with Gasteiger partial charge in [0.1, 0.15) is 13.2 Å². The van der Waals surface area contributed by atoms with Gasteiger partial charge in [0, 0.05) is 98.2 Å². The first-order chi connectivity index (χ1) is 41.2. The van der Waals surface area contributed by atoms with Crippen molar-refractivity contribution in [2.24, 2.45) is 4.99 Å². The number of ether oxygens (including phenoxy) is 7. The lowest BCUT2D eigenvalue weighted by molar-refractivity contribution is -0.197. The zero-order valence-electron chi connectivity index (χ0n) is 48.4. The van der Waals surface area contributed by atoms with Gasteiger partial charge in [-0.3, -0.25) is 33.9 Å². The predicted molar refractivity (Wildman–Crippen MR) is 325 cm³/mol. The van der Waals surface area contributed by atoms with Gasteiger partial charge < -0.3 is 53.1 Å². The number of rotatable bonds is 28. The fourth-order valence-electron chi connectivity index (χ4n) is 10.9. The van der Waals surface area contributed by atoms with Crippen LogP contribution in [0.1, 0.15) is 95.3 Å². The molecule has 5 aromatic carbocycles. The van der Waals surface area contributed by atoms with Crippen molar-refractivity contribution in [1.82, 2.24) is 5.06 Å². The van der Waals surface area contributed by atoms with Crippen molar-refractivity contribution < 1.29 is 66.8 Å². The number of nitrogens with one attached hydrogen (secondary N) is 1. The Kier molecular flexibility index (Phi) is 19.6. The summed E-state index contributed by atoms with van der Waals surface area (Å²) in [5.74, 6) is -0.0820. The van der Waals surface area contributed by atoms with Crippen LogP contribution in [0.15, 0.2) is 96.0 Å². The highest BCUT2D eigenvalue weighted by Crippen LogP contribution is 2.44. The molecule has 448 valence electrons. The number of amides is 5. The lowest BCUT2D eigenvalue weighted by Gasteiger charge is -2.27. The van der Waals surface area contributed by atoms with Crippen LogP contribution in [0.2, 0.25) is 0 Å². The predicted octanol–water partition coefficient (Wildman–Crippen LogP) is 9.49. The highest BCUT2D eigenvalue weighted by molar-refractivity contribution is 8.77. The second-order valence-corrected chi connectivity index (χ2v) is 24.7. The molecule has 0 spiro atoms. The average Bonchev–Trinajstić information content (AvgIpc) is 2.86. The molecular weight excluding hydrogens is 1130 g/mol. The third-order valence-electron chi connectivity index (χ3n) is 15.2. The van der Waals surface area contributed by atoms with Gasteiger partial charge in [-0.05, 0) is 97.8 Å². The number of hydrogen-bond donors (Lipinski definition) is 1.